The predicted octanol–water partition coefficient (Wildman–Crippen LogP) is 5.22. The highest BCUT2D eigenvalue weighted by molar-refractivity contribution is 6.39. The normalized spacial score (nSPS) is 11.7. The van der Waals surface area contributed by atoms with E-state index in [1.807, 2.05) is 54.6 Å². The summed E-state index contributed by atoms with van der Waals surface area (Å²) >= 11 is 13.3. The maximum atomic E-state index is 9.63. The third kappa shape index (κ3) is 7.61. The number of nitrogens with zero attached hydrogens (tertiary/aromatic N) is 3. The van der Waals surface area contributed by atoms with Crippen molar-refractivity contribution in [3.05, 3.63) is 94.6 Å². The van der Waals surface area contributed by atoms with Crippen LogP contribution < -0.4 is 14.8 Å². The van der Waals surface area contributed by atoms with Gasteiger partial charge in [0.05, 0.1) is 45.9 Å². The van der Waals surface area contributed by atoms with Crippen molar-refractivity contribution in [2.24, 2.45) is 0 Å². The molecule has 43 heavy (non-hydrogen) atoms. The van der Waals surface area contributed by atoms with Crippen LogP contribution in [0.1, 0.15) is 5.56 Å². The molecule has 2 aromatic heterocycles. The number of halogens is 2. The number of hydrogen-bond donors (Lipinski definition) is 5. The average Bonchev–Trinajstić information content (AvgIpc) is 3.47. The molecule has 0 aliphatic rings. The summed E-state index contributed by atoms with van der Waals surface area (Å²) in [4.78, 5) is 17.1. The van der Waals surface area contributed by atoms with E-state index in [0.717, 1.165) is 11.1 Å². The molecule has 2 heterocycles. The van der Waals surface area contributed by atoms with Gasteiger partial charge in [0, 0.05) is 18.3 Å². The molecule has 0 radical (unpaired) electrons. The Morgan fingerprint density at radius 1 is 0.884 bits per heavy atom. The third-order valence-corrected chi connectivity index (χ3v) is 6.87. The third-order valence-electron chi connectivity index (χ3n) is 6.27. The second-order valence-electron chi connectivity index (χ2n) is 9.44. The lowest BCUT2D eigenvalue weighted by molar-refractivity contribution is 0.0536. The van der Waals surface area contributed by atoms with Gasteiger partial charge in [0.1, 0.15) is 36.6 Å². The second kappa shape index (κ2) is 14.3. The van der Waals surface area contributed by atoms with Gasteiger partial charge in [-0.3, -0.25) is 0 Å². The molecule has 0 aliphatic carbocycles. The number of aromatic amines is 1. The molecule has 222 valence electrons. The van der Waals surface area contributed by atoms with E-state index in [-0.39, 0.29) is 23.3 Å². The highest BCUT2D eigenvalue weighted by Crippen LogP contribution is 2.40. The lowest BCUT2D eigenvalue weighted by Crippen LogP contribution is -2.21. The Hall–Kier alpha value is -4.19. The smallest absolute Gasteiger partial charge is 0.223 e. The molecule has 5 N–H and O–H groups in total. The molecule has 0 aliphatic heterocycles. The van der Waals surface area contributed by atoms with E-state index in [2.05, 4.69) is 20.3 Å². The molecule has 5 aromatic rings. The first-order valence-corrected chi connectivity index (χ1v) is 14.2. The second-order valence-corrected chi connectivity index (χ2v) is 10.3. The van der Waals surface area contributed by atoms with Crippen molar-refractivity contribution < 1.29 is 24.8 Å². The fourth-order valence-electron chi connectivity index (χ4n) is 4.22. The quantitative estimate of drug-likeness (QED) is 0.119. The Morgan fingerprint density at radius 2 is 1.67 bits per heavy atom. The number of aromatic nitrogens is 4. The van der Waals surface area contributed by atoms with Crippen LogP contribution in [-0.2, 0) is 6.61 Å². The van der Waals surface area contributed by atoms with E-state index < -0.39 is 12.7 Å². The van der Waals surface area contributed by atoms with Crippen LogP contribution in [0.4, 0.5) is 5.95 Å². The largest absolute Gasteiger partial charge is 0.491 e. The van der Waals surface area contributed by atoms with E-state index in [1.54, 1.807) is 24.4 Å². The van der Waals surface area contributed by atoms with Crippen LogP contribution in [0.5, 0.6) is 11.5 Å². The summed E-state index contributed by atoms with van der Waals surface area (Å²) in [6, 6.07) is 22.3. The first-order chi connectivity index (χ1) is 20.9. The molecule has 3 aromatic carbocycles. The van der Waals surface area contributed by atoms with E-state index in [9.17, 15) is 10.2 Å². The van der Waals surface area contributed by atoms with Crippen molar-refractivity contribution in [2.75, 3.05) is 31.7 Å². The molecule has 0 fully saturated rings. The fraction of sp³-hybridized carbons (Fsp3) is 0.194. The molecule has 1 atom stereocenters. The van der Waals surface area contributed by atoms with Crippen molar-refractivity contribution >= 4 is 29.2 Å². The molecule has 0 amide bonds. The zero-order chi connectivity index (χ0) is 30.2. The minimum absolute atomic E-state index is 0.0709. The van der Waals surface area contributed by atoms with E-state index in [0.29, 0.717) is 59.1 Å². The summed E-state index contributed by atoms with van der Waals surface area (Å²) in [5.41, 5.74) is 3.95. The summed E-state index contributed by atoms with van der Waals surface area (Å²) in [5, 5.41) is 31.4. The average molecular weight is 623 g/mol. The van der Waals surface area contributed by atoms with Gasteiger partial charge >= 0.3 is 0 Å². The van der Waals surface area contributed by atoms with Crippen molar-refractivity contribution in [3.63, 3.8) is 0 Å². The summed E-state index contributed by atoms with van der Waals surface area (Å²) in [6.07, 6.45) is 0.572. The zero-order valence-corrected chi connectivity index (χ0v) is 24.4. The van der Waals surface area contributed by atoms with Gasteiger partial charge in [-0.25, -0.2) is 15.0 Å². The Kier molecular flexibility index (Phi) is 10.1. The van der Waals surface area contributed by atoms with Gasteiger partial charge < -0.3 is 35.1 Å². The van der Waals surface area contributed by atoms with E-state index >= 15 is 0 Å². The SMILES string of the molecule is OCCNc1nccc(-c2[nH]c(-c3c(Cl)cc(OC[C@H](O)CO)cc3Cl)nc2-c2cccc(OCc3ccccc3)c2)n1. The number of hydrogen-bond acceptors (Lipinski definition) is 9. The van der Waals surface area contributed by atoms with Gasteiger partial charge in [0.15, 0.2) is 0 Å². The van der Waals surface area contributed by atoms with Crippen LogP contribution in [0.2, 0.25) is 10.0 Å². The number of nitrogens with one attached hydrogen (secondary N) is 2. The highest BCUT2D eigenvalue weighted by atomic mass is 35.5. The summed E-state index contributed by atoms with van der Waals surface area (Å²) in [6.45, 7) is 0.0688. The topological polar surface area (TPSA) is 146 Å². The van der Waals surface area contributed by atoms with Crippen molar-refractivity contribution in [2.45, 2.75) is 12.7 Å². The fourth-order valence-corrected chi connectivity index (χ4v) is 4.86. The number of H-pyrrole nitrogens is 1. The maximum absolute atomic E-state index is 9.63. The Bertz CT molecular complexity index is 1640. The van der Waals surface area contributed by atoms with Gasteiger partial charge in [-0.2, -0.15) is 0 Å². The number of benzene rings is 3. The zero-order valence-electron chi connectivity index (χ0n) is 22.9. The standard InChI is InChI=1S/C31H29Cl2N5O5/c32-24-14-23(43-18-21(41)16-40)15-25(33)27(24)30-37-28(29(38-30)26-9-10-34-31(36-26)35-11-12-39)20-7-4-8-22(13-20)42-17-19-5-2-1-3-6-19/h1-10,13-15,21,39-41H,11-12,16-18H2,(H,37,38)(H,34,35,36)/t21-/m1/s1. The highest BCUT2D eigenvalue weighted by Gasteiger charge is 2.21. The minimum Gasteiger partial charge on any atom is -0.491 e. The Labute approximate surface area is 257 Å². The van der Waals surface area contributed by atoms with E-state index in [1.165, 1.54) is 0 Å². The van der Waals surface area contributed by atoms with E-state index in [4.69, 9.17) is 42.8 Å². The number of rotatable bonds is 13. The number of aliphatic hydroxyl groups excluding tert-OH is 3. The lowest BCUT2D eigenvalue weighted by Gasteiger charge is -2.12. The molecule has 12 heteroatoms. The number of aliphatic hydroxyl groups is 3. The lowest BCUT2D eigenvalue weighted by atomic mass is 10.1. The van der Waals surface area contributed by atoms with Crippen LogP contribution in [0.3, 0.4) is 0 Å². The Balaban J connectivity index is 1.54. The Morgan fingerprint density at radius 3 is 2.42 bits per heavy atom. The molecular weight excluding hydrogens is 593 g/mol. The van der Waals surface area contributed by atoms with Crippen LogP contribution in [0.15, 0.2) is 79.0 Å². The molecule has 10 nitrogen and oxygen atoms in total. The van der Waals surface area contributed by atoms with Gasteiger partial charge in [0.2, 0.25) is 5.95 Å². The van der Waals surface area contributed by atoms with Gasteiger partial charge in [-0.05, 0) is 35.9 Å². The van der Waals surface area contributed by atoms with Crippen molar-refractivity contribution in [1.29, 1.82) is 0 Å². The first kappa shape index (κ1) is 30.3. The first-order valence-electron chi connectivity index (χ1n) is 13.4. The molecule has 0 spiro atoms. The molecular formula is C31H29Cl2N5O5. The van der Waals surface area contributed by atoms with Crippen LogP contribution >= 0.6 is 23.2 Å². The summed E-state index contributed by atoms with van der Waals surface area (Å²) < 4.78 is 11.6. The molecule has 0 saturated carbocycles. The molecule has 0 unspecified atom stereocenters. The maximum Gasteiger partial charge on any atom is 0.223 e. The minimum atomic E-state index is -1.04. The predicted molar refractivity (Wildman–Crippen MR) is 165 cm³/mol. The van der Waals surface area contributed by atoms with Crippen LogP contribution in [0.25, 0.3) is 34.0 Å². The van der Waals surface area contributed by atoms with Crippen molar-refractivity contribution in [1.82, 2.24) is 19.9 Å². The van der Waals surface area contributed by atoms with Crippen LogP contribution in [0, 0.1) is 0 Å². The van der Waals surface area contributed by atoms with Gasteiger partial charge in [-0.15, -0.1) is 0 Å². The summed E-state index contributed by atoms with van der Waals surface area (Å²) in [7, 11) is 0. The summed E-state index contributed by atoms with van der Waals surface area (Å²) in [5.74, 6) is 1.72. The monoisotopic (exact) mass is 621 g/mol. The number of imidazole rings is 1. The number of ether oxygens (including phenoxy) is 2. The van der Waals surface area contributed by atoms with Crippen molar-refractivity contribution in [3.8, 4) is 45.5 Å². The van der Waals surface area contributed by atoms with Gasteiger partial charge in [0.25, 0.3) is 0 Å². The molecule has 0 saturated heterocycles. The molecule has 5 rings (SSSR count). The number of anilines is 1. The molecule has 0 bridgehead atoms. The van der Waals surface area contributed by atoms with Gasteiger partial charge in [-0.1, -0.05) is 65.7 Å². The van der Waals surface area contributed by atoms with Crippen LogP contribution in [-0.4, -0.2) is 67.7 Å².